The summed E-state index contributed by atoms with van der Waals surface area (Å²) in [6, 6.07) is 3.84. The highest BCUT2D eigenvalue weighted by molar-refractivity contribution is 7.13. The minimum atomic E-state index is -0.306. The van der Waals surface area contributed by atoms with Crippen LogP contribution in [0.2, 0.25) is 0 Å². The lowest BCUT2D eigenvalue weighted by Gasteiger charge is -2.05. The van der Waals surface area contributed by atoms with Gasteiger partial charge in [-0.25, -0.2) is 9.67 Å². The number of nitrogens with one attached hydrogen (secondary N) is 1. The second-order valence-electron chi connectivity index (χ2n) is 5.20. The molecule has 1 amide bonds. The molecule has 0 fully saturated rings. The molecule has 8 nitrogen and oxygen atoms in total. The van der Waals surface area contributed by atoms with Crippen LogP contribution in [-0.4, -0.2) is 30.5 Å². The summed E-state index contributed by atoms with van der Waals surface area (Å²) in [7, 11) is 1.83. The summed E-state index contributed by atoms with van der Waals surface area (Å²) in [6.07, 6.45) is 3.88. The molecule has 0 spiro atoms. The molecule has 0 aliphatic carbocycles. The lowest BCUT2D eigenvalue weighted by molar-refractivity contribution is 0.102. The molecule has 0 unspecified atom stereocenters. The van der Waals surface area contributed by atoms with E-state index in [0.29, 0.717) is 24.5 Å². The van der Waals surface area contributed by atoms with Crippen molar-refractivity contribution in [1.29, 1.82) is 5.26 Å². The number of nitriles is 1. The number of carbonyl (C=O) groups excluding carboxylic acids is 1. The Morgan fingerprint density at radius 2 is 2.33 bits per heavy atom. The van der Waals surface area contributed by atoms with Crippen molar-refractivity contribution in [3.05, 3.63) is 35.2 Å². The highest BCUT2D eigenvalue weighted by atomic mass is 32.1. The van der Waals surface area contributed by atoms with E-state index in [0.717, 1.165) is 16.3 Å². The molecule has 122 valence electrons. The van der Waals surface area contributed by atoms with Crippen molar-refractivity contribution in [2.45, 2.75) is 19.9 Å². The van der Waals surface area contributed by atoms with Crippen LogP contribution >= 0.6 is 11.3 Å². The Hall–Kier alpha value is -2.99. The van der Waals surface area contributed by atoms with Gasteiger partial charge in [0.05, 0.1) is 30.9 Å². The second kappa shape index (κ2) is 6.64. The van der Waals surface area contributed by atoms with Crippen LogP contribution in [0, 0.1) is 18.3 Å². The largest absolute Gasteiger partial charge is 0.305 e. The number of rotatable bonds is 5. The first kappa shape index (κ1) is 15.9. The highest BCUT2D eigenvalue weighted by Crippen LogP contribution is 2.23. The first-order chi connectivity index (χ1) is 11.6. The van der Waals surface area contributed by atoms with Crippen LogP contribution in [0.15, 0.2) is 23.8 Å². The highest BCUT2D eigenvalue weighted by Gasteiger charge is 2.15. The van der Waals surface area contributed by atoms with E-state index in [1.807, 2.05) is 20.2 Å². The Morgan fingerprint density at radius 1 is 1.50 bits per heavy atom. The van der Waals surface area contributed by atoms with Crippen LogP contribution in [0.4, 0.5) is 5.82 Å². The van der Waals surface area contributed by atoms with Gasteiger partial charge in [0.15, 0.2) is 0 Å². The smallest absolute Gasteiger partial charge is 0.276 e. The third-order valence-electron chi connectivity index (χ3n) is 3.27. The maximum absolute atomic E-state index is 12.4. The molecule has 1 N–H and O–H groups in total. The van der Waals surface area contributed by atoms with Crippen LogP contribution in [0.1, 0.15) is 22.6 Å². The SMILES string of the molecule is Cc1cc(NC(=O)c2csc(-c3cnn(C)c3)n2)n(CCC#N)n1. The summed E-state index contributed by atoms with van der Waals surface area (Å²) < 4.78 is 3.30. The standard InChI is InChI=1S/C15H15N7OS/c1-10-6-13(22(20-10)5-3-4-16)19-14(23)12-9-24-15(18-12)11-7-17-21(2)8-11/h6-9H,3,5H2,1-2H3,(H,19,23). The number of aromatic nitrogens is 5. The molecule has 3 aromatic rings. The van der Waals surface area contributed by atoms with E-state index in [-0.39, 0.29) is 5.91 Å². The molecule has 3 aromatic heterocycles. The zero-order chi connectivity index (χ0) is 17.1. The zero-order valence-electron chi connectivity index (χ0n) is 13.2. The minimum Gasteiger partial charge on any atom is -0.305 e. The summed E-state index contributed by atoms with van der Waals surface area (Å²) >= 11 is 1.39. The average molecular weight is 341 g/mol. The number of nitrogens with zero attached hydrogens (tertiary/aromatic N) is 6. The number of hydrogen-bond donors (Lipinski definition) is 1. The van der Waals surface area contributed by atoms with Gasteiger partial charge in [0, 0.05) is 30.3 Å². The Balaban J connectivity index is 1.76. The number of thiazole rings is 1. The summed E-state index contributed by atoms with van der Waals surface area (Å²) in [4.78, 5) is 16.8. The molecule has 0 aliphatic rings. The van der Waals surface area contributed by atoms with Gasteiger partial charge in [0.1, 0.15) is 16.5 Å². The van der Waals surface area contributed by atoms with Crippen molar-refractivity contribution in [1.82, 2.24) is 24.5 Å². The van der Waals surface area contributed by atoms with Gasteiger partial charge in [0.2, 0.25) is 0 Å². The predicted octanol–water partition coefficient (Wildman–Crippen LogP) is 2.21. The molecule has 0 radical (unpaired) electrons. The number of carbonyl (C=O) groups is 1. The molecular weight excluding hydrogens is 326 g/mol. The molecule has 9 heteroatoms. The summed E-state index contributed by atoms with van der Waals surface area (Å²) in [5.74, 6) is 0.253. The van der Waals surface area contributed by atoms with E-state index in [1.165, 1.54) is 11.3 Å². The zero-order valence-corrected chi connectivity index (χ0v) is 14.0. The van der Waals surface area contributed by atoms with E-state index < -0.39 is 0 Å². The molecular formula is C15H15N7OS. The van der Waals surface area contributed by atoms with Crippen LogP contribution < -0.4 is 5.32 Å². The van der Waals surface area contributed by atoms with E-state index in [2.05, 4.69) is 26.6 Å². The summed E-state index contributed by atoms with van der Waals surface area (Å²) in [5.41, 5.74) is 1.98. The van der Waals surface area contributed by atoms with Crippen molar-refractivity contribution in [3.8, 4) is 16.6 Å². The first-order valence-electron chi connectivity index (χ1n) is 7.24. The number of amides is 1. The minimum absolute atomic E-state index is 0.306. The van der Waals surface area contributed by atoms with Crippen molar-refractivity contribution >= 4 is 23.1 Å². The van der Waals surface area contributed by atoms with Gasteiger partial charge >= 0.3 is 0 Å². The monoisotopic (exact) mass is 341 g/mol. The van der Waals surface area contributed by atoms with Gasteiger partial charge in [-0.2, -0.15) is 15.5 Å². The fourth-order valence-electron chi connectivity index (χ4n) is 2.20. The van der Waals surface area contributed by atoms with Crippen LogP contribution in [-0.2, 0) is 13.6 Å². The molecule has 0 aromatic carbocycles. The average Bonchev–Trinajstić information content (AvgIpc) is 3.25. The third kappa shape index (κ3) is 3.33. The summed E-state index contributed by atoms with van der Waals surface area (Å²) in [6.45, 7) is 2.26. The molecule has 0 bridgehead atoms. The molecule has 3 heterocycles. The first-order valence-corrected chi connectivity index (χ1v) is 8.12. The van der Waals surface area contributed by atoms with Crippen LogP contribution in [0.3, 0.4) is 0 Å². The van der Waals surface area contributed by atoms with Crippen molar-refractivity contribution < 1.29 is 4.79 Å². The fraction of sp³-hybridized carbons (Fsp3) is 0.267. The van der Waals surface area contributed by atoms with Crippen molar-refractivity contribution in [2.75, 3.05) is 5.32 Å². The molecule has 0 atom stereocenters. The lowest BCUT2D eigenvalue weighted by Crippen LogP contribution is -2.16. The Bertz CT molecular complexity index is 915. The second-order valence-corrected chi connectivity index (χ2v) is 6.06. The molecule has 0 saturated heterocycles. The number of aryl methyl sites for hydroxylation is 3. The fourth-order valence-corrected chi connectivity index (χ4v) is 2.97. The van der Waals surface area contributed by atoms with Gasteiger partial charge in [-0.3, -0.25) is 9.48 Å². The maximum Gasteiger partial charge on any atom is 0.276 e. The Kier molecular flexibility index (Phi) is 4.39. The van der Waals surface area contributed by atoms with Gasteiger partial charge < -0.3 is 5.32 Å². The van der Waals surface area contributed by atoms with Crippen molar-refractivity contribution in [3.63, 3.8) is 0 Å². The summed E-state index contributed by atoms with van der Waals surface area (Å²) in [5, 5.41) is 22.3. The van der Waals surface area contributed by atoms with Gasteiger partial charge in [-0.05, 0) is 6.92 Å². The predicted molar refractivity (Wildman–Crippen MR) is 89.5 cm³/mol. The van der Waals surface area contributed by atoms with E-state index >= 15 is 0 Å². The van der Waals surface area contributed by atoms with Gasteiger partial charge in [-0.1, -0.05) is 0 Å². The normalized spacial score (nSPS) is 10.5. The maximum atomic E-state index is 12.4. The quantitative estimate of drug-likeness (QED) is 0.766. The topological polar surface area (TPSA) is 101 Å². The Morgan fingerprint density at radius 3 is 3.04 bits per heavy atom. The molecule has 0 aliphatic heterocycles. The van der Waals surface area contributed by atoms with E-state index in [1.54, 1.807) is 27.0 Å². The molecule has 3 rings (SSSR count). The molecule has 24 heavy (non-hydrogen) atoms. The number of anilines is 1. The van der Waals surface area contributed by atoms with E-state index in [9.17, 15) is 4.79 Å². The Labute approximate surface area is 142 Å². The van der Waals surface area contributed by atoms with Crippen LogP contribution in [0.25, 0.3) is 10.6 Å². The number of hydrogen-bond acceptors (Lipinski definition) is 6. The lowest BCUT2D eigenvalue weighted by atomic mass is 10.4. The third-order valence-corrected chi connectivity index (χ3v) is 4.16. The van der Waals surface area contributed by atoms with Crippen LogP contribution in [0.5, 0.6) is 0 Å². The van der Waals surface area contributed by atoms with Gasteiger partial charge in [0.25, 0.3) is 5.91 Å². The van der Waals surface area contributed by atoms with Gasteiger partial charge in [-0.15, -0.1) is 11.3 Å². The van der Waals surface area contributed by atoms with E-state index in [4.69, 9.17) is 5.26 Å². The van der Waals surface area contributed by atoms with Crippen molar-refractivity contribution in [2.24, 2.45) is 7.05 Å². The molecule has 0 saturated carbocycles.